The first-order valence-electron chi connectivity index (χ1n) is 5.55. The van der Waals surface area contributed by atoms with Gasteiger partial charge in [-0.25, -0.2) is 4.79 Å². The standard InChI is InChI=1S/C11H24O4Si/c1-8(2)9(10(12)13)14-16(6,7)15-11(3,4)5/h8-9H,1-7H3,(H,12,13)/t9-/m0/s1. The maximum atomic E-state index is 11.0. The van der Waals surface area contributed by atoms with E-state index in [0.29, 0.717) is 0 Å². The number of carboxylic acids is 1. The molecule has 4 nitrogen and oxygen atoms in total. The first kappa shape index (κ1) is 15.6. The molecule has 1 N–H and O–H groups in total. The molecule has 0 radical (unpaired) electrons. The van der Waals surface area contributed by atoms with E-state index in [2.05, 4.69) is 0 Å². The van der Waals surface area contributed by atoms with E-state index >= 15 is 0 Å². The highest BCUT2D eigenvalue weighted by Crippen LogP contribution is 2.21. The Bertz CT molecular complexity index is 243. The fraction of sp³-hybridized carbons (Fsp3) is 0.909. The third-order valence-electron chi connectivity index (χ3n) is 1.81. The van der Waals surface area contributed by atoms with Crippen LogP contribution in [0, 0.1) is 5.92 Å². The summed E-state index contributed by atoms with van der Waals surface area (Å²) in [6.45, 7) is 13.2. The zero-order valence-corrected chi connectivity index (χ0v) is 12.3. The minimum Gasteiger partial charge on any atom is -0.479 e. The second-order valence-electron chi connectivity index (χ2n) is 5.73. The molecule has 0 aromatic heterocycles. The molecule has 0 saturated carbocycles. The zero-order chi connectivity index (χ0) is 13.1. The second kappa shape index (κ2) is 5.29. The molecule has 0 aliphatic heterocycles. The van der Waals surface area contributed by atoms with Crippen LogP contribution in [0.3, 0.4) is 0 Å². The third kappa shape index (κ3) is 6.25. The van der Waals surface area contributed by atoms with Gasteiger partial charge in [0.15, 0.2) is 0 Å². The van der Waals surface area contributed by atoms with Crippen molar-refractivity contribution in [3.05, 3.63) is 0 Å². The van der Waals surface area contributed by atoms with Crippen LogP contribution in [0.15, 0.2) is 0 Å². The summed E-state index contributed by atoms with van der Waals surface area (Å²) in [5, 5.41) is 9.05. The van der Waals surface area contributed by atoms with E-state index in [1.807, 2.05) is 47.7 Å². The lowest BCUT2D eigenvalue weighted by atomic mass is 10.1. The second-order valence-corrected chi connectivity index (χ2v) is 8.97. The van der Waals surface area contributed by atoms with E-state index in [1.54, 1.807) is 0 Å². The van der Waals surface area contributed by atoms with Gasteiger partial charge in [-0.05, 0) is 39.8 Å². The molecule has 0 heterocycles. The van der Waals surface area contributed by atoms with Crippen molar-refractivity contribution in [2.75, 3.05) is 0 Å². The predicted molar refractivity (Wildman–Crippen MR) is 65.7 cm³/mol. The smallest absolute Gasteiger partial charge is 0.332 e. The average molecular weight is 248 g/mol. The highest BCUT2D eigenvalue weighted by atomic mass is 28.4. The lowest BCUT2D eigenvalue weighted by molar-refractivity contribution is -0.149. The van der Waals surface area contributed by atoms with E-state index in [1.165, 1.54) is 0 Å². The maximum Gasteiger partial charge on any atom is 0.332 e. The number of rotatable bonds is 5. The SMILES string of the molecule is CC(C)[C@H](O[Si](C)(C)OC(C)(C)C)C(=O)O. The third-order valence-corrected chi connectivity index (χ3v) is 3.74. The predicted octanol–water partition coefficient (Wildman–Crippen LogP) is 2.63. The number of carboxylic acid groups (broad SMARTS) is 1. The van der Waals surface area contributed by atoms with Gasteiger partial charge in [-0.15, -0.1) is 0 Å². The Morgan fingerprint density at radius 2 is 1.69 bits per heavy atom. The van der Waals surface area contributed by atoms with E-state index in [9.17, 15) is 4.79 Å². The molecule has 0 fully saturated rings. The minimum atomic E-state index is -2.41. The van der Waals surface area contributed by atoms with E-state index in [-0.39, 0.29) is 11.5 Å². The van der Waals surface area contributed by atoms with Crippen molar-refractivity contribution in [2.45, 2.75) is 59.4 Å². The van der Waals surface area contributed by atoms with Crippen molar-refractivity contribution < 1.29 is 18.8 Å². The Morgan fingerprint density at radius 1 is 1.25 bits per heavy atom. The van der Waals surface area contributed by atoms with Crippen molar-refractivity contribution in [1.29, 1.82) is 0 Å². The fourth-order valence-corrected chi connectivity index (χ4v) is 4.05. The molecule has 0 bridgehead atoms. The van der Waals surface area contributed by atoms with Crippen LogP contribution in [0.2, 0.25) is 13.1 Å². The van der Waals surface area contributed by atoms with Gasteiger partial charge in [-0.2, -0.15) is 0 Å². The average Bonchev–Trinajstić information content (AvgIpc) is 1.94. The molecule has 0 aromatic carbocycles. The first-order valence-corrected chi connectivity index (χ1v) is 8.37. The fourth-order valence-electron chi connectivity index (χ4n) is 1.54. The molecule has 0 aromatic rings. The normalized spacial score (nSPS) is 15.2. The van der Waals surface area contributed by atoms with Crippen LogP contribution in [-0.4, -0.2) is 31.3 Å². The topological polar surface area (TPSA) is 55.8 Å². The van der Waals surface area contributed by atoms with Crippen LogP contribution in [0.4, 0.5) is 0 Å². The number of hydrogen-bond acceptors (Lipinski definition) is 3. The summed E-state index contributed by atoms with van der Waals surface area (Å²) in [5.74, 6) is -0.985. The van der Waals surface area contributed by atoms with Gasteiger partial charge in [0.2, 0.25) is 0 Å². The van der Waals surface area contributed by atoms with Crippen molar-refractivity contribution in [2.24, 2.45) is 5.92 Å². The Hall–Kier alpha value is -0.393. The largest absolute Gasteiger partial charge is 0.479 e. The van der Waals surface area contributed by atoms with Crippen molar-refractivity contribution in [3.63, 3.8) is 0 Å². The van der Waals surface area contributed by atoms with Crippen LogP contribution in [0.5, 0.6) is 0 Å². The molecule has 5 heteroatoms. The summed E-state index contributed by atoms with van der Waals surface area (Å²) in [4.78, 5) is 11.0. The van der Waals surface area contributed by atoms with Crippen LogP contribution >= 0.6 is 0 Å². The monoisotopic (exact) mass is 248 g/mol. The molecule has 0 saturated heterocycles. The maximum absolute atomic E-state index is 11.0. The minimum absolute atomic E-state index is 0.0622. The summed E-state index contributed by atoms with van der Waals surface area (Å²) >= 11 is 0. The lowest BCUT2D eigenvalue weighted by Crippen LogP contribution is -2.47. The molecule has 0 aliphatic carbocycles. The molecular weight excluding hydrogens is 224 g/mol. The summed E-state index contributed by atoms with van der Waals surface area (Å²) in [6, 6.07) is 0. The lowest BCUT2D eigenvalue weighted by Gasteiger charge is -2.34. The molecular formula is C11H24O4Si. The molecule has 0 spiro atoms. The van der Waals surface area contributed by atoms with Crippen LogP contribution < -0.4 is 0 Å². The summed E-state index contributed by atoms with van der Waals surface area (Å²) < 4.78 is 11.5. The van der Waals surface area contributed by atoms with Gasteiger partial charge in [0.05, 0.1) is 5.60 Å². The van der Waals surface area contributed by atoms with E-state index in [4.69, 9.17) is 14.0 Å². The zero-order valence-electron chi connectivity index (χ0n) is 11.3. The van der Waals surface area contributed by atoms with Gasteiger partial charge in [0, 0.05) is 0 Å². The van der Waals surface area contributed by atoms with Gasteiger partial charge >= 0.3 is 14.5 Å². The molecule has 16 heavy (non-hydrogen) atoms. The van der Waals surface area contributed by atoms with Gasteiger partial charge in [0.25, 0.3) is 0 Å². The van der Waals surface area contributed by atoms with Crippen LogP contribution in [-0.2, 0) is 13.6 Å². The van der Waals surface area contributed by atoms with Gasteiger partial charge in [-0.1, -0.05) is 13.8 Å². The van der Waals surface area contributed by atoms with Crippen LogP contribution in [0.1, 0.15) is 34.6 Å². The van der Waals surface area contributed by atoms with E-state index < -0.39 is 20.6 Å². The van der Waals surface area contributed by atoms with E-state index in [0.717, 1.165) is 0 Å². The summed E-state index contributed by atoms with van der Waals surface area (Å²) in [6.07, 6.45) is -0.788. The highest BCUT2D eigenvalue weighted by Gasteiger charge is 2.36. The Kier molecular flexibility index (Phi) is 5.16. The Balaban J connectivity index is 4.60. The number of aliphatic carboxylic acids is 1. The quantitative estimate of drug-likeness (QED) is 0.760. The molecule has 1 atom stereocenters. The van der Waals surface area contributed by atoms with Crippen molar-refractivity contribution in [3.8, 4) is 0 Å². The first-order chi connectivity index (χ1) is 6.94. The Labute approximate surface area is 99.2 Å². The number of hydrogen-bond donors (Lipinski definition) is 1. The molecule has 0 unspecified atom stereocenters. The highest BCUT2D eigenvalue weighted by molar-refractivity contribution is 6.64. The van der Waals surface area contributed by atoms with Gasteiger partial charge in [0.1, 0.15) is 6.10 Å². The molecule has 0 amide bonds. The molecule has 0 aliphatic rings. The molecule has 96 valence electrons. The van der Waals surface area contributed by atoms with Gasteiger partial charge in [-0.3, -0.25) is 0 Å². The summed E-state index contributed by atoms with van der Waals surface area (Å²) in [5.41, 5.74) is -0.310. The van der Waals surface area contributed by atoms with Crippen molar-refractivity contribution >= 4 is 14.5 Å². The van der Waals surface area contributed by atoms with Crippen molar-refractivity contribution in [1.82, 2.24) is 0 Å². The Morgan fingerprint density at radius 3 is 1.94 bits per heavy atom. The summed E-state index contributed by atoms with van der Waals surface area (Å²) in [7, 11) is -2.41. The number of carbonyl (C=O) groups is 1. The van der Waals surface area contributed by atoms with Gasteiger partial charge < -0.3 is 14.0 Å². The molecule has 0 rings (SSSR count). The van der Waals surface area contributed by atoms with Crippen LogP contribution in [0.25, 0.3) is 0 Å².